The number of hydrogen-bond acceptors (Lipinski definition) is 3. The number of nitrogens with one attached hydrogen (secondary N) is 2. The van der Waals surface area contributed by atoms with E-state index >= 15 is 0 Å². The van der Waals surface area contributed by atoms with E-state index in [1.807, 2.05) is 0 Å². The molecule has 0 saturated carbocycles. The van der Waals surface area contributed by atoms with Crippen LogP contribution in [0, 0.1) is 0 Å². The van der Waals surface area contributed by atoms with Gasteiger partial charge in [0.15, 0.2) is 0 Å². The first-order valence-electron chi connectivity index (χ1n) is 7.52. The van der Waals surface area contributed by atoms with Crippen molar-refractivity contribution in [3.8, 4) is 5.75 Å². The van der Waals surface area contributed by atoms with E-state index in [0.29, 0.717) is 25.9 Å². The molecule has 132 valence electrons. The van der Waals surface area contributed by atoms with E-state index in [1.54, 1.807) is 4.90 Å². The van der Waals surface area contributed by atoms with E-state index in [4.69, 9.17) is 0 Å². The molecule has 0 unspecified atom stereocenters. The lowest BCUT2D eigenvalue weighted by Crippen LogP contribution is -2.33. The molecule has 2 rings (SSSR count). The smallest absolute Gasteiger partial charge is 0.406 e. The second-order valence-corrected chi connectivity index (χ2v) is 5.29. The highest BCUT2D eigenvalue weighted by Gasteiger charge is 2.31. The molecule has 0 atom stereocenters. The summed E-state index contributed by atoms with van der Waals surface area (Å²) in [6.45, 7) is 1.68. The quantitative estimate of drug-likeness (QED) is 0.779. The number of urea groups is 1. The minimum atomic E-state index is -4.78. The third-order valence-electron chi connectivity index (χ3n) is 3.39. The first-order chi connectivity index (χ1) is 11.3. The molecular formula is C15H18F3N3O3. The molecule has 0 aliphatic carbocycles. The van der Waals surface area contributed by atoms with Crippen molar-refractivity contribution >= 4 is 17.6 Å². The Morgan fingerprint density at radius 2 is 2.12 bits per heavy atom. The molecule has 1 aliphatic heterocycles. The maximum atomic E-state index is 12.1. The molecule has 0 aromatic heterocycles. The minimum absolute atomic E-state index is 0.126. The second-order valence-electron chi connectivity index (χ2n) is 5.29. The fourth-order valence-corrected chi connectivity index (χ4v) is 2.36. The fourth-order valence-electron chi connectivity index (χ4n) is 2.36. The molecular weight excluding hydrogens is 327 g/mol. The van der Waals surface area contributed by atoms with Crippen LogP contribution >= 0.6 is 0 Å². The van der Waals surface area contributed by atoms with Crippen LogP contribution in [0.25, 0.3) is 0 Å². The van der Waals surface area contributed by atoms with Gasteiger partial charge >= 0.3 is 12.4 Å². The largest absolute Gasteiger partial charge is 0.573 e. The van der Waals surface area contributed by atoms with E-state index in [2.05, 4.69) is 15.4 Å². The molecule has 2 N–H and O–H groups in total. The predicted octanol–water partition coefficient (Wildman–Crippen LogP) is 2.72. The van der Waals surface area contributed by atoms with Crippen LogP contribution in [0.1, 0.15) is 19.3 Å². The molecule has 1 aromatic rings. The standard InChI is InChI=1S/C15H18F3N3O3/c16-15(17,18)24-12-5-1-4-11(10-12)20-14(23)19-7-3-9-21-8-2-6-13(21)22/h1,4-5,10H,2-3,6-9H2,(H2,19,20,23). The third-order valence-corrected chi connectivity index (χ3v) is 3.39. The molecule has 6 nitrogen and oxygen atoms in total. The Labute approximate surface area is 137 Å². The number of benzene rings is 1. The van der Waals surface area contributed by atoms with Crippen molar-refractivity contribution in [3.05, 3.63) is 24.3 Å². The van der Waals surface area contributed by atoms with Gasteiger partial charge in [0.2, 0.25) is 5.91 Å². The molecule has 0 radical (unpaired) electrons. The van der Waals surface area contributed by atoms with Gasteiger partial charge in [-0.3, -0.25) is 4.79 Å². The zero-order valence-corrected chi connectivity index (χ0v) is 12.9. The topological polar surface area (TPSA) is 70.7 Å². The molecule has 24 heavy (non-hydrogen) atoms. The number of amides is 3. The van der Waals surface area contributed by atoms with E-state index in [9.17, 15) is 22.8 Å². The van der Waals surface area contributed by atoms with Crippen molar-refractivity contribution in [2.24, 2.45) is 0 Å². The van der Waals surface area contributed by atoms with Gasteiger partial charge in [-0.15, -0.1) is 13.2 Å². The van der Waals surface area contributed by atoms with Gasteiger partial charge in [-0.2, -0.15) is 0 Å². The number of nitrogens with zero attached hydrogens (tertiary/aromatic N) is 1. The van der Waals surface area contributed by atoms with Crippen LogP contribution in [0.2, 0.25) is 0 Å². The Hall–Kier alpha value is -2.45. The first kappa shape index (κ1) is 17.9. The summed E-state index contributed by atoms with van der Waals surface area (Å²) in [5, 5.41) is 5.01. The molecule has 0 bridgehead atoms. The number of ether oxygens (including phenoxy) is 1. The van der Waals surface area contributed by atoms with Crippen molar-refractivity contribution in [2.45, 2.75) is 25.6 Å². The Morgan fingerprint density at radius 3 is 2.79 bits per heavy atom. The lowest BCUT2D eigenvalue weighted by Gasteiger charge is -2.15. The van der Waals surface area contributed by atoms with Gasteiger partial charge in [0, 0.05) is 37.8 Å². The predicted molar refractivity (Wildman–Crippen MR) is 80.6 cm³/mol. The van der Waals surface area contributed by atoms with Crippen LogP contribution < -0.4 is 15.4 Å². The minimum Gasteiger partial charge on any atom is -0.406 e. The van der Waals surface area contributed by atoms with Crippen LogP contribution in [-0.2, 0) is 4.79 Å². The molecule has 1 saturated heterocycles. The van der Waals surface area contributed by atoms with Crippen molar-refractivity contribution in [2.75, 3.05) is 25.0 Å². The van der Waals surface area contributed by atoms with Gasteiger partial charge < -0.3 is 20.3 Å². The monoisotopic (exact) mass is 345 g/mol. The number of anilines is 1. The lowest BCUT2D eigenvalue weighted by molar-refractivity contribution is -0.274. The van der Waals surface area contributed by atoms with E-state index in [0.717, 1.165) is 25.1 Å². The van der Waals surface area contributed by atoms with Crippen molar-refractivity contribution in [1.29, 1.82) is 0 Å². The Bertz CT molecular complexity index is 593. The summed E-state index contributed by atoms with van der Waals surface area (Å²) < 4.78 is 40.2. The molecule has 0 spiro atoms. The summed E-state index contributed by atoms with van der Waals surface area (Å²) in [5.74, 6) is -0.284. The highest BCUT2D eigenvalue weighted by molar-refractivity contribution is 5.89. The van der Waals surface area contributed by atoms with Crippen molar-refractivity contribution in [3.63, 3.8) is 0 Å². The van der Waals surface area contributed by atoms with Gasteiger partial charge in [-0.25, -0.2) is 4.79 Å². The molecule has 1 aromatic carbocycles. The van der Waals surface area contributed by atoms with Crippen LogP contribution in [0.15, 0.2) is 24.3 Å². The summed E-state index contributed by atoms with van der Waals surface area (Å²) in [6.07, 6.45) is -2.74. The van der Waals surface area contributed by atoms with Gasteiger partial charge in [0.25, 0.3) is 0 Å². The number of rotatable bonds is 6. The second kappa shape index (κ2) is 7.89. The SMILES string of the molecule is O=C(NCCCN1CCCC1=O)Nc1cccc(OC(F)(F)F)c1. The zero-order valence-electron chi connectivity index (χ0n) is 12.9. The molecule has 9 heteroatoms. The van der Waals surface area contributed by atoms with Gasteiger partial charge in [-0.05, 0) is 25.0 Å². The van der Waals surface area contributed by atoms with Crippen LogP contribution in [0.4, 0.5) is 23.7 Å². The van der Waals surface area contributed by atoms with Crippen LogP contribution in [0.5, 0.6) is 5.75 Å². The van der Waals surface area contributed by atoms with Gasteiger partial charge in [-0.1, -0.05) is 6.07 Å². The number of halogens is 3. The highest BCUT2D eigenvalue weighted by Crippen LogP contribution is 2.24. The lowest BCUT2D eigenvalue weighted by atomic mass is 10.3. The summed E-state index contributed by atoms with van der Waals surface area (Å²) >= 11 is 0. The van der Waals surface area contributed by atoms with Crippen LogP contribution in [0.3, 0.4) is 0 Å². The Balaban J connectivity index is 1.72. The van der Waals surface area contributed by atoms with Gasteiger partial charge in [0.05, 0.1) is 0 Å². The van der Waals surface area contributed by atoms with E-state index in [-0.39, 0.29) is 11.6 Å². The first-order valence-corrected chi connectivity index (χ1v) is 7.52. The number of carbonyl (C=O) groups is 2. The molecule has 3 amide bonds. The Kier molecular flexibility index (Phi) is 5.88. The number of likely N-dealkylation sites (tertiary alicyclic amines) is 1. The summed E-state index contributed by atoms with van der Waals surface area (Å²) in [4.78, 5) is 24.9. The molecule has 1 aliphatic rings. The average Bonchev–Trinajstić information content (AvgIpc) is 2.87. The van der Waals surface area contributed by atoms with Crippen molar-refractivity contribution < 1.29 is 27.5 Å². The Morgan fingerprint density at radius 1 is 1.33 bits per heavy atom. The third kappa shape index (κ3) is 5.98. The summed E-state index contributed by atoms with van der Waals surface area (Å²) in [6, 6.07) is 4.48. The zero-order chi connectivity index (χ0) is 17.6. The maximum absolute atomic E-state index is 12.1. The maximum Gasteiger partial charge on any atom is 0.573 e. The van der Waals surface area contributed by atoms with Gasteiger partial charge in [0.1, 0.15) is 5.75 Å². The summed E-state index contributed by atoms with van der Waals surface area (Å²) in [5.41, 5.74) is 0.184. The summed E-state index contributed by atoms with van der Waals surface area (Å²) in [7, 11) is 0. The fraction of sp³-hybridized carbons (Fsp3) is 0.467. The number of hydrogen-bond donors (Lipinski definition) is 2. The van der Waals surface area contributed by atoms with Crippen LogP contribution in [-0.4, -0.2) is 42.8 Å². The normalized spacial score (nSPS) is 14.6. The van der Waals surface area contributed by atoms with E-state index in [1.165, 1.54) is 12.1 Å². The average molecular weight is 345 g/mol. The highest BCUT2D eigenvalue weighted by atomic mass is 19.4. The molecule has 1 fully saturated rings. The van der Waals surface area contributed by atoms with E-state index < -0.39 is 18.1 Å². The molecule has 1 heterocycles. The number of alkyl halides is 3. The van der Waals surface area contributed by atoms with Crippen molar-refractivity contribution in [1.82, 2.24) is 10.2 Å². The number of carbonyl (C=O) groups excluding carboxylic acids is 2.